The monoisotopic (exact) mass is 439 g/mol. The molecule has 3 heterocycles. The van der Waals surface area contributed by atoms with Gasteiger partial charge in [0.25, 0.3) is 0 Å². The van der Waals surface area contributed by atoms with Crippen LogP contribution < -0.4 is 20.3 Å². The molecule has 5 rings (SSSR count). The van der Waals surface area contributed by atoms with Crippen LogP contribution in [0, 0.1) is 6.92 Å². The molecule has 2 N–H and O–H groups in total. The molecule has 0 radical (unpaired) electrons. The molecule has 1 amide bonds. The van der Waals surface area contributed by atoms with Gasteiger partial charge >= 0.3 is 6.09 Å². The zero-order chi connectivity index (χ0) is 21.8. The first-order valence-corrected chi connectivity index (χ1v) is 10.4. The largest absolute Gasteiger partial charge is 0.494 e. The van der Waals surface area contributed by atoms with Gasteiger partial charge in [-0.05, 0) is 37.6 Å². The summed E-state index contributed by atoms with van der Waals surface area (Å²) in [4.78, 5) is 23.2. The standard InChI is InChI=1S/C22H22ClN5O3/c1-12-15(23)5-4-6-16(12)27-20-14-7-18(19(30-3)8-17(14)25-11-26-20)28-10-22(31-21(28)29)9-24-13(22)2/h4-8,11,13,24H,9-10H2,1-3H3,(H,25,26,27). The van der Waals surface area contributed by atoms with Crippen LogP contribution in [0.25, 0.3) is 10.9 Å². The number of anilines is 3. The third kappa shape index (κ3) is 3.14. The van der Waals surface area contributed by atoms with Crippen molar-refractivity contribution in [3.05, 3.63) is 47.2 Å². The SMILES string of the molecule is COc1cc2ncnc(Nc3cccc(Cl)c3C)c2cc1N1CC2(CNC2C)OC1=O. The normalized spacial score (nSPS) is 22.5. The molecule has 2 aliphatic heterocycles. The average Bonchev–Trinajstić information content (AvgIpc) is 3.14. The van der Waals surface area contributed by atoms with Crippen LogP contribution in [0.15, 0.2) is 36.7 Å². The lowest BCUT2D eigenvalue weighted by atomic mass is 9.87. The highest BCUT2D eigenvalue weighted by Gasteiger charge is 2.55. The van der Waals surface area contributed by atoms with E-state index < -0.39 is 5.60 Å². The summed E-state index contributed by atoms with van der Waals surface area (Å²) in [7, 11) is 1.57. The fraction of sp³-hybridized carbons (Fsp3) is 0.318. The molecule has 2 aromatic carbocycles. The lowest BCUT2D eigenvalue weighted by Crippen LogP contribution is -2.68. The number of halogens is 1. The molecule has 0 bridgehead atoms. The fourth-order valence-corrected chi connectivity index (χ4v) is 4.22. The summed E-state index contributed by atoms with van der Waals surface area (Å²) in [6.07, 6.45) is 1.10. The van der Waals surface area contributed by atoms with Crippen molar-refractivity contribution in [2.75, 3.05) is 30.4 Å². The highest BCUT2D eigenvalue weighted by molar-refractivity contribution is 6.31. The Morgan fingerprint density at radius 2 is 2.19 bits per heavy atom. The number of aromatic nitrogens is 2. The van der Waals surface area contributed by atoms with Gasteiger partial charge in [-0.1, -0.05) is 17.7 Å². The predicted octanol–water partition coefficient (Wildman–Crippen LogP) is 4.03. The van der Waals surface area contributed by atoms with E-state index >= 15 is 0 Å². The second-order valence-electron chi connectivity index (χ2n) is 7.92. The maximum absolute atomic E-state index is 12.7. The van der Waals surface area contributed by atoms with Crippen molar-refractivity contribution in [3.63, 3.8) is 0 Å². The lowest BCUT2D eigenvalue weighted by Gasteiger charge is -2.43. The van der Waals surface area contributed by atoms with Gasteiger partial charge in [-0.2, -0.15) is 0 Å². The topological polar surface area (TPSA) is 88.6 Å². The Morgan fingerprint density at radius 1 is 1.35 bits per heavy atom. The molecule has 8 nitrogen and oxygen atoms in total. The number of rotatable bonds is 4. The van der Waals surface area contributed by atoms with Crippen molar-refractivity contribution in [1.29, 1.82) is 0 Å². The molecule has 2 fully saturated rings. The highest BCUT2D eigenvalue weighted by Crippen LogP contribution is 2.41. The molecule has 1 spiro atoms. The molecular weight excluding hydrogens is 418 g/mol. The van der Waals surface area contributed by atoms with E-state index in [0.29, 0.717) is 40.9 Å². The number of benzene rings is 2. The number of carbonyl (C=O) groups excluding carboxylic acids is 1. The number of amides is 1. The Bertz CT molecular complexity index is 1200. The molecule has 2 atom stereocenters. The lowest BCUT2D eigenvalue weighted by molar-refractivity contribution is -0.0240. The number of nitrogens with zero attached hydrogens (tertiary/aromatic N) is 3. The maximum atomic E-state index is 12.7. The van der Waals surface area contributed by atoms with E-state index in [1.807, 2.05) is 44.2 Å². The van der Waals surface area contributed by atoms with Crippen LogP contribution in [0.3, 0.4) is 0 Å². The van der Waals surface area contributed by atoms with Crippen LogP contribution >= 0.6 is 11.6 Å². The van der Waals surface area contributed by atoms with E-state index in [9.17, 15) is 4.79 Å². The molecule has 3 aromatic rings. The molecule has 2 saturated heterocycles. The van der Waals surface area contributed by atoms with Gasteiger partial charge in [0.15, 0.2) is 5.60 Å². The first kappa shape index (κ1) is 19.8. The van der Waals surface area contributed by atoms with Crippen molar-refractivity contribution in [2.24, 2.45) is 0 Å². The number of carbonyl (C=O) groups is 1. The maximum Gasteiger partial charge on any atom is 0.415 e. The van der Waals surface area contributed by atoms with Crippen molar-refractivity contribution in [1.82, 2.24) is 15.3 Å². The summed E-state index contributed by atoms with van der Waals surface area (Å²) in [5.41, 5.74) is 2.57. The van der Waals surface area contributed by atoms with Gasteiger partial charge in [-0.25, -0.2) is 14.8 Å². The van der Waals surface area contributed by atoms with Gasteiger partial charge < -0.3 is 20.1 Å². The van der Waals surface area contributed by atoms with Gasteiger partial charge in [0.2, 0.25) is 0 Å². The minimum absolute atomic E-state index is 0.0965. The minimum atomic E-state index is -0.511. The van der Waals surface area contributed by atoms with E-state index in [4.69, 9.17) is 21.1 Å². The average molecular weight is 440 g/mol. The Balaban J connectivity index is 1.59. The number of fused-ring (bicyclic) bond motifs is 1. The van der Waals surface area contributed by atoms with Gasteiger partial charge in [-0.15, -0.1) is 0 Å². The Morgan fingerprint density at radius 3 is 2.87 bits per heavy atom. The summed E-state index contributed by atoms with van der Waals surface area (Å²) >= 11 is 6.27. The third-order valence-electron chi connectivity index (χ3n) is 6.18. The molecule has 0 aliphatic carbocycles. The van der Waals surface area contributed by atoms with Crippen molar-refractivity contribution < 1.29 is 14.3 Å². The Labute approximate surface area is 184 Å². The van der Waals surface area contributed by atoms with Crippen molar-refractivity contribution >= 4 is 45.8 Å². The zero-order valence-corrected chi connectivity index (χ0v) is 18.2. The van der Waals surface area contributed by atoms with Gasteiger partial charge in [0, 0.05) is 34.7 Å². The van der Waals surface area contributed by atoms with Crippen LogP contribution in [0.4, 0.5) is 22.0 Å². The molecule has 0 saturated carbocycles. The van der Waals surface area contributed by atoms with E-state index in [-0.39, 0.29) is 12.1 Å². The van der Waals surface area contributed by atoms with Crippen molar-refractivity contribution in [3.8, 4) is 5.75 Å². The molecule has 2 aliphatic rings. The van der Waals surface area contributed by atoms with E-state index in [1.165, 1.54) is 6.33 Å². The van der Waals surface area contributed by atoms with Gasteiger partial charge in [0.1, 0.15) is 17.9 Å². The molecule has 31 heavy (non-hydrogen) atoms. The van der Waals surface area contributed by atoms with Gasteiger partial charge in [-0.3, -0.25) is 4.90 Å². The Kier molecular flexibility index (Phi) is 4.64. The van der Waals surface area contributed by atoms with E-state index in [0.717, 1.165) is 16.6 Å². The number of hydrogen-bond donors (Lipinski definition) is 2. The van der Waals surface area contributed by atoms with Crippen LogP contribution in [-0.2, 0) is 4.74 Å². The molecule has 160 valence electrons. The molecule has 9 heteroatoms. The summed E-state index contributed by atoms with van der Waals surface area (Å²) in [5, 5.41) is 8.03. The number of methoxy groups -OCH3 is 1. The summed E-state index contributed by atoms with van der Waals surface area (Å²) < 4.78 is 11.3. The Hall–Kier alpha value is -3.10. The van der Waals surface area contributed by atoms with E-state index in [1.54, 1.807) is 12.0 Å². The first-order valence-electron chi connectivity index (χ1n) is 10.0. The van der Waals surface area contributed by atoms with Crippen LogP contribution in [0.1, 0.15) is 12.5 Å². The van der Waals surface area contributed by atoms with Gasteiger partial charge in [0.05, 0.1) is 24.9 Å². The number of ether oxygens (including phenoxy) is 2. The zero-order valence-electron chi connectivity index (χ0n) is 17.4. The van der Waals surface area contributed by atoms with Crippen LogP contribution in [-0.4, -0.2) is 47.9 Å². The first-order chi connectivity index (χ1) is 14.9. The summed E-state index contributed by atoms with van der Waals surface area (Å²) in [5.74, 6) is 1.16. The van der Waals surface area contributed by atoms with E-state index in [2.05, 4.69) is 20.6 Å². The fourth-order valence-electron chi connectivity index (χ4n) is 4.05. The second-order valence-corrected chi connectivity index (χ2v) is 8.33. The molecule has 1 aromatic heterocycles. The minimum Gasteiger partial charge on any atom is -0.494 e. The third-order valence-corrected chi connectivity index (χ3v) is 6.59. The smallest absolute Gasteiger partial charge is 0.415 e. The summed E-state index contributed by atoms with van der Waals surface area (Å²) in [6, 6.07) is 9.43. The van der Waals surface area contributed by atoms with Crippen LogP contribution in [0.5, 0.6) is 5.75 Å². The number of nitrogens with one attached hydrogen (secondary N) is 2. The molecule has 2 unspecified atom stereocenters. The predicted molar refractivity (Wildman–Crippen MR) is 120 cm³/mol. The second kappa shape index (κ2) is 7.25. The molecular formula is C22H22ClN5O3. The number of hydrogen-bond acceptors (Lipinski definition) is 7. The van der Waals surface area contributed by atoms with Crippen LogP contribution in [0.2, 0.25) is 5.02 Å². The summed E-state index contributed by atoms with van der Waals surface area (Å²) in [6.45, 7) is 5.04. The highest BCUT2D eigenvalue weighted by atomic mass is 35.5. The quantitative estimate of drug-likeness (QED) is 0.634. The van der Waals surface area contributed by atoms with Crippen molar-refractivity contribution in [2.45, 2.75) is 25.5 Å².